The summed E-state index contributed by atoms with van der Waals surface area (Å²) in [5, 5.41) is 4.69. The van der Waals surface area contributed by atoms with Crippen LogP contribution in [-0.4, -0.2) is 31.3 Å². The minimum absolute atomic E-state index is 0.225. The molecule has 0 aliphatic heterocycles. The standard InChI is InChI=1S/C18H20FN5S/c1-3-23-17(15-8-10-20-11-9-15)21-24(18(23)25)13-22(2)12-14-4-6-16(19)7-5-14/h4-11H,3,12-13H2,1-2H3. The maximum absolute atomic E-state index is 13.0. The molecule has 3 rings (SSSR count). The lowest BCUT2D eigenvalue weighted by atomic mass is 10.2. The molecule has 0 aliphatic carbocycles. The Morgan fingerprint density at radius 1 is 1.12 bits per heavy atom. The van der Waals surface area contributed by atoms with E-state index in [0.717, 1.165) is 23.5 Å². The third-order valence-corrected chi connectivity index (χ3v) is 4.35. The summed E-state index contributed by atoms with van der Waals surface area (Å²) in [7, 11) is 1.99. The van der Waals surface area contributed by atoms with Crippen molar-refractivity contribution in [3.63, 3.8) is 0 Å². The zero-order valence-electron chi connectivity index (χ0n) is 14.3. The van der Waals surface area contributed by atoms with Gasteiger partial charge in [-0.15, -0.1) is 0 Å². The summed E-state index contributed by atoms with van der Waals surface area (Å²) in [6.45, 7) is 4.04. The van der Waals surface area contributed by atoms with E-state index >= 15 is 0 Å². The third kappa shape index (κ3) is 4.00. The van der Waals surface area contributed by atoms with Crippen LogP contribution in [0.15, 0.2) is 48.8 Å². The van der Waals surface area contributed by atoms with Crippen LogP contribution in [0, 0.1) is 10.6 Å². The molecule has 0 spiro atoms. The molecule has 7 heteroatoms. The number of halogens is 1. The minimum atomic E-state index is -0.225. The molecule has 130 valence electrons. The van der Waals surface area contributed by atoms with Gasteiger partial charge < -0.3 is 4.57 Å². The molecule has 5 nitrogen and oxygen atoms in total. The zero-order chi connectivity index (χ0) is 17.8. The molecule has 0 atom stereocenters. The highest BCUT2D eigenvalue weighted by Gasteiger charge is 2.13. The van der Waals surface area contributed by atoms with E-state index in [9.17, 15) is 4.39 Å². The Hall–Kier alpha value is -2.38. The van der Waals surface area contributed by atoms with Crippen molar-refractivity contribution in [3.8, 4) is 11.4 Å². The van der Waals surface area contributed by atoms with Gasteiger partial charge in [-0.1, -0.05) is 12.1 Å². The second-order valence-corrected chi connectivity index (χ2v) is 6.23. The molecule has 0 N–H and O–H groups in total. The van der Waals surface area contributed by atoms with Crippen LogP contribution in [0.4, 0.5) is 4.39 Å². The second-order valence-electron chi connectivity index (χ2n) is 5.87. The Morgan fingerprint density at radius 3 is 2.44 bits per heavy atom. The number of rotatable bonds is 6. The molecule has 2 aromatic heterocycles. The van der Waals surface area contributed by atoms with Crippen LogP contribution in [0.3, 0.4) is 0 Å². The van der Waals surface area contributed by atoms with Gasteiger partial charge in [0, 0.05) is 31.0 Å². The smallest absolute Gasteiger partial charge is 0.199 e. The summed E-state index contributed by atoms with van der Waals surface area (Å²) in [5.41, 5.74) is 2.03. The first-order valence-electron chi connectivity index (χ1n) is 8.09. The molecule has 0 saturated heterocycles. The zero-order valence-corrected chi connectivity index (χ0v) is 15.1. The highest BCUT2D eigenvalue weighted by molar-refractivity contribution is 7.71. The van der Waals surface area contributed by atoms with Gasteiger partial charge in [-0.05, 0) is 56.0 Å². The fourth-order valence-electron chi connectivity index (χ4n) is 2.71. The lowest BCUT2D eigenvalue weighted by molar-refractivity contribution is 0.244. The largest absolute Gasteiger partial charge is 0.300 e. The maximum atomic E-state index is 13.0. The number of aromatic nitrogens is 4. The lowest BCUT2D eigenvalue weighted by Gasteiger charge is -2.16. The van der Waals surface area contributed by atoms with Gasteiger partial charge in [0.15, 0.2) is 10.6 Å². The molecule has 2 heterocycles. The Bertz CT molecular complexity index is 886. The number of benzene rings is 1. The molecular formula is C18H20FN5S. The second kappa shape index (κ2) is 7.67. The number of nitrogens with zero attached hydrogens (tertiary/aromatic N) is 5. The predicted octanol–water partition coefficient (Wildman–Crippen LogP) is 3.72. The van der Waals surface area contributed by atoms with Crippen LogP contribution in [0.1, 0.15) is 12.5 Å². The topological polar surface area (TPSA) is 38.9 Å². The summed E-state index contributed by atoms with van der Waals surface area (Å²) >= 11 is 5.58. The van der Waals surface area contributed by atoms with Crippen molar-refractivity contribution in [2.24, 2.45) is 0 Å². The Kier molecular flexibility index (Phi) is 5.35. The normalized spacial score (nSPS) is 11.2. The van der Waals surface area contributed by atoms with Crippen LogP contribution < -0.4 is 0 Å². The maximum Gasteiger partial charge on any atom is 0.199 e. The van der Waals surface area contributed by atoms with E-state index in [1.807, 2.05) is 28.4 Å². The van der Waals surface area contributed by atoms with Gasteiger partial charge in [-0.2, -0.15) is 5.10 Å². The number of hydrogen-bond acceptors (Lipinski definition) is 4. The van der Waals surface area contributed by atoms with Gasteiger partial charge in [-0.25, -0.2) is 9.07 Å². The molecule has 0 saturated carbocycles. The van der Waals surface area contributed by atoms with Crippen molar-refractivity contribution in [1.82, 2.24) is 24.2 Å². The Morgan fingerprint density at radius 2 is 1.80 bits per heavy atom. The fourth-order valence-corrected chi connectivity index (χ4v) is 3.03. The van der Waals surface area contributed by atoms with Crippen molar-refractivity contribution >= 4 is 12.2 Å². The molecule has 0 unspecified atom stereocenters. The van der Waals surface area contributed by atoms with Crippen LogP contribution in [0.25, 0.3) is 11.4 Å². The van der Waals surface area contributed by atoms with Gasteiger partial charge in [0.25, 0.3) is 0 Å². The molecular weight excluding hydrogens is 337 g/mol. The first-order chi connectivity index (χ1) is 12.1. The van der Waals surface area contributed by atoms with Crippen LogP contribution in [-0.2, 0) is 19.8 Å². The Balaban J connectivity index is 1.81. The first-order valence-corrected chi connectivity index (χ1v) is 8.50. The van der Waals surface area contributed by atoms with Crippen LogP contribution >= 0.6 is 12.2 Å². The molecule has 25 heavy (non-hydrogen) atoms. The summed E-state index contributed by atoms with van der Waals surface area (Å²) in [6, 6.07) is 10.4. The van der Waals surface area contributed by atoms with Gasteiger partial charge in [0.1, 0.15) is 5.82 Å². The lowest BCUT2D eigenvalue weighted by Crippen LogP contribution is -2.22. The van der Waals surface area contributed by atoms with E-state index in [4.69, 9.17) is 17.3 Å². The van der Waals surface area contributed by atoms with Crippen LogP contribution in [0.5, 0.6) is 0 Å². The van der Waals surface area contributed by atoms with Crippen LogP contribution in [0.2, 0.25) is 0 Å². The molecule has 0 aliphatic rings. The average Bonchev–Trinajstić information content (AvgIpc) is 2.93. The monoisotopic (exact) mass is 357 g/mol. The minimum Gasteiger partial charge on any atom is -0.300 e. The van der Waals surface area contributed by atoms with E-state index in [-0.39, 0.29) is 5.82 Å². The van der Waals surface area contributed by atoms with Gasteiger partial charge >= 0.3 is 0 Å². The predicted molar refractivity (Wildman–Crippen MR) is 97.8 cm³/mol. The first kappa shape index (κ1) is 17.4. The summed E-state index contributed by atoms with van der Waals surface area (Å²) < 4.78 is 17.5. The third-order valence-electron chi connectivity index (χ3n) is 3.92. The van der Waals surface area contributed by atoms with E-state index in [1.54, 1.807) is 24.5 Å². The SMILES string of the molecule is CCn1c(-c2ccncc2)nn(CN(C)Cc2ccc(F)cc2)c1=S. The number of hydrogen-bond donors (Lipinski definition) is 0. The highest BCUT2D eigenvalue weighted by Crippen LogP contribution is 2.17. The molecule has 1 aromatic carbocycles. The molecule has 0 amide bonds. The highest BCUT2D eigenvalue weighted by atomic mass is 32.1. The Labute approximate surface area is 151 Å². The van der Waals surface area contributed by atoms with Gasteiger partial charge in [-0.3, -0.25) is 9.88 Å². The molecule has 3 aromatic rings. The quantitative estimate of drug-likeness (QED) is 0.630. The van der Waals surface area contributed by atoms with Crippen molar-refractivity contribution in [3.05, 3.63) is 64.9 Å². The van der Waals surface area contributed by atoms with E-state index in [0.29, 0.717) is 18.0 Å². The van der Waals surface area contributed by atoms with Gasteiger partial charge in [0.05, 0.1) is 6.67 Å². The summed E-state index contributed by atoms with van der Waals surface area (Å²) in [6.07, 6.45) is 3.50. The molecule has 0 fully saturated rings. The van der Waals surface area contributed by atoms with Crippen molar-refractivity contribution in [1.29, 1.82) is 0 Å². The van der Waals surface area contributed by atoms with Crippen molar-refractivity contribution in [2.75, 3.05) is 7.05 Å². The summed E-state index contributed by atoms with van der Waals surface area (Å²) in [4.78, 5) is 6.14. The molecule has 0 bridgehead atoms. The van der Waals surface area contributed by atoms with Crippen molar-refractivity contribution in [2.45, 2.75) is 26.7 Å². The number of pyridine rings is 1. The fraction of sp³-hybridized carbons (Fsp3) is 0.278. The van der Waals surface area contributed by atoms with E-state index in [1.165, 1.54) is 12.1 Å². The van der Waals surface area contributed by atoms with E-state index in [2.05, 4.69) is 16.8 Å². The summed E-state index contributed by atoms with van der Waals surface area (Å²) in [5.74, 6) is 0.613. The van der Waals surface area contributed by atoms with E-state index < -0.39 is 0 Å². The molecule has 0 radical (unpaired) electrons. The van der Waals surface area contributed by atoms with Crippen molar-refractivity contribution < 1.29 is 4.39 Å². The average molecular weight is 357 g/mol. The van der Waals surface area contributed by atoms with Gasteiger partial charge in [0.2, 0.25) is 0 Å².